The van der Waals surface area contributed by atoms with Gasteiger partial charge >= 0.3 is 13.2 Å². The molecule has 1 aliphatic heterocycles. The minimum absolute atomic E-state index is 0.218. The predicted octanol–water partition coefficient (Wildman–Crippen LogP) is 0.930. The second-order valence-corrected chi connectivity index (χ2v) is 7.36. The van der Waals surface area contributed by atoms with Gasteiger partial charge in [-0.1, -0.05) is 0 Å². The van der Waals surface area contributed by atoms with Crippen LogP contribution in [-0.4, -0.2) is 64.9 Å². The van der Waals surface area contributed by atoms with E-state index >= 15 is 0 Å². The lowest BCUT2D eigenvalue weighted by Gasteiger charge is -2.36. The van der Waals surface area contributed by atoms with Crippen molar-refractivity contribution in [3.63, 3.8) is 0 Å². The fourth-order valence-corrected chi connectivity index (χ4v) is 2.53. The molecule has 0 saturated carbocycles. The summed E-state index contributed by atoms with van der Waals surface area (Å²) < 4.78 is 32.7. The summed E-state index contributed by atoms with van der Waals surface area (Å²) >= 11 is 0. The summed E-state index contributed by atoms with van der Waals surface area (Å²) in [7, 11) is -1.95. The van der Waals surface area contributed by atoms with Gasteiger partial charge in [0.2, 0.25) is 0 Å². The van der Waals surface area contributed by atoms with Gasteiger partial charge in [0, 0.05) is 38.7 Å². The Morgan fingerprint density at radius 2 is 1.73 bits per heavy atom. The average molecular weight is 371 g/mol. The summed E-state index contributed by atoms with van der Waals surface area (Å²) in [5, 5.41) is 18.6. The molecule has 0 aliphatic carbocycles. The molecular weight excluding hydrogens is 347 g/mol. The van der Waals surface area contributed by atoms with Gasteiger partial charge in [-0.25, -0.2) is 18.6 Å². The number of amides is 1. The van der Waals surface area contributed by atoms with Crippen molar-refractivity contribution in [3.8, 4) is 0 Å². The molecule has 26 heavy (non-hydrogen) atoms. The number of carbonyl (C=O) groups excluding carboxylic acids is 1. The number of nitrogens with zero attached hydrogens (tertiary/aromatic N) is 3. The van der Waals surface area contributed by atoms with Gasteiger partial charge in [0.15, 0.2) is 0 Å². The third-order valence-corrected chi connectivity index (χ3v) is 3.86. The van der Waals surface area contributed by atoms with Crippen molar-refractivity contribution in [1.29, 1.82) is 0 Å². The van der Waals surface area contributed by atoms with Crippen LogP contribution in [0, 0.1) is 0 Å². The Morgan fingerprint density at radius 3 is 2.19 bits per heavy atom. The van der Waals surface area contributed by atoms with Crippen LogP contribution in [0.2, 0.25) is 0 Å². The Bertz CT molecular complexity index is 654. The summed E-state index contributed by atoms with van der Waals surface area (Å²) in [5.74, 6) is -2.92. The number of anilines is 1. The van der Waals surface area contributed by atoms with Crippen LogP contribution in [0.4, 0.5) is 19.4 Å². The first-order chi connectivity index (χ1) is 11.9. The van der Waals surface area contributed by atoms with Gasteiger partial charge in [-0.05, 0) is 32.9 Å². The highest BCUT2D eigenvalue weighted by atomic mass is 19.3. The van der Waals surface area contributed by atoms with Crippen molar-refractivity contribution in [2.45, 2.75) is 39.2 Å². The zero-order valence-corrected chi connectivity index (χ0v) is 15.4. The Morgan fingerprint density at radius 1 is 1.15 bits per heavy atom. The molecule has 1 aliphatic rings. The van der Waals surface area contributed by atoms with E-state index in [9.17, 15) is 23.6 Å². The molecule has 0 radical (unpaired) electrons. The smallest absolute Gasteiger partial charge is 0.444 e. The van der Waals surface area contributed by atoms with Crippen molar-refractivity contribution < 1.29 is 28.4 Å². The Balaban J connectivity index is 2.13. The van der Waals surface area contributed by atoms with Gasteiger partial charge in [-0.2, -0.15) is 0 Å². The number of rotatable bonds is 3. The first-order valence-corrected chi connectivity index (χ1v) is 8.36. The topological polar surface area (TPSA) is 86.1 Å². The zero-order chi connectivity index (χ0) is 19.7. The van der Waals surface area contributed by atoms with Gasteiger partial charge in [-0.3, -0.25) is 0 Å². The molecule has 1 saturated heterocycles. The van der Waals surface area contributed by atoms with Crippen LogP contribution in [-0.2, 0) is 10.7 Å². The Labute approximate surface area is 151 Å². The van der Waals surface area contributed by atoms with Gasteiger partial charge in [-0.15, -0.1) is 0 Å². The average Bonchev–Trinajstić information content (AvgIpc) is 2.52. The zero-order valence-electron chi connectivity index (χ0n) is 15.4. The molecular formula is C16H24BF2N3O4. The number of aromatic nitrogens is 1. The molecule has 1 aromatic rings. The van der Waals surface area contributed by atoms with E-state index in [2.05, 4.69) is 4.98 Å². The van der Waals surface area contributed by atoms with Crippen LogP contribution in [0.3, 0.4) is 0 Å². The van der Waals surface area contributed by atoms with E-state index in [-0.39, 0.29) is 17.0 Å². The van der Waals surface area contributed by atoms with Crippen LogP contribution >= 0.6 is 0 Å². The minimum atomic E-state index is -3.14. The highest BCUT2D eigenvalue weighted by Crippen LogP contribution is 2.28. The molecule has 2 N–H and O–H groups in total. The normalized spacial score (nSPS) is 15.8. The maximum absolute atomic E-state index is 13.7. The molecule has 0 unspecified atom stereocenters. The van der Waals surface area contributed by atoms with Crippen molar-refractivity contribution >= 4 is 24.6 Å². The van der Waals surface area contributed by atoms with Crippen LogP contribution in [0.15, 0.2) is 12.1 Å². The third kappa shape index (κ3) is 5.28. The molecule has 1 amide bonds. The molecule has 1 fully saturated rings. The highest BCUT2D eigenvalue weighted by Gasteiger charge is 2.31. The highest BCUT2D eigenvalue weighted by molar-refractivity contribution is 6.57. The Kier molecular flexibility index (Phi) is 5.77. The molecule has 0 atom stereocenters. The van der Waals surface area contributed by atoms with E-state index in [0.29, 0.717) is 26.2 Å². The number of pyridine rings is 1. The van der Waals surface area contributed by atoms with E-state index in [4.69, 9.17) is 4.74 Å². The number of carbonyl (C=O) groups is 1. The summed E-state index contributed by atoms with van der Waals surface area (Å²) in [6, 6.07) is 2.21. The SMILES string of the molecule is CC(C)(C)OC(=O)N1CCN(c2cc(C(C)(F)F)cc(B(O)O)n2)CC1. The van der Waals surface area contributed by atoms with Crippen LogP contribution in [0.25, 0.3) is 0 Å². The maximum Gasteiger partial charge on any atom is 0.508 e. The van der Waals surface area contributed by atoms with E-state index in [0.717, 1.165) is 13.0 Å². The summed E-state index contributed by atoms with van der Waals surface area (Å²) in [5.41, 5.74) is -1.18. The van der Waals surface area contributed by atoms with Crippen molar-refractivity contribution in [2.24, 2.45) is 0 Å². The van der Waals surface area contributed by atoms with Crippen LogP contribution < -0.4 is 10.5 Å². The first kappa shape index (κ1) is 20.4. The molecule has 0 aromatic carbocycles. The van der Waals surface area contributed by atoms with Gasteiger partial charge < -0.3 is 24.6 Å². The monoisotopic (exact) mass is 371 g/mol. The maximum atomic E-state index is 13.7. The lowest BCUT2D eigenvalue weighted by Crippen LogP contribution is -2.50. The third-order valence-electron chi connectivity index (χ3n) is 3.86. The summed E-state index contributed by atoms with van der Waals surface area (Å²) in [6.07, 6.45) is -0.426. The van der Waals surface area contributed by atoms with Crippen molar-refractivity contribution in [1.82, 2.24) is 9.88 Å². The molecule has 10 heteroatoms. The molecule has 2 rings (SSSR count). The van der Waals surface area contributed by atoms with Gasteiger partial charge in [0.05, 0.1) is 5.59 Å². The number of ether oxygens (including phenoxy) is 1. The number of hydrogen-bond acceptors (Lipinski definition) is 6. The van der Waals surface area contributed by atoms with E-state index in [1.165, 1.54) is 6.07 Å². The Hall–Kier alpha value is -1.94. The van der Waals surface area contributed by atoms with Gasteiger partial charge in [0.25, 0.3) is 5.92 Å². The molecule has 1 aromatic heterocycles. The minimum Gasteiger partial charge on any atom is -0.444 e. The number of alkyl halides is 2. The fraction of sp³-hybridized carbons (Fsp3) is 0.625. The standard InChI is InChI=1S/C16H24BF2N3O4/c1-15(2,3)26-14(23)22-7-5-21(6-8-22)13-10-11(16(4,18)19)9-12(20-13)17(24)25/h9-10,24-25H,5-8H2,1-4H3. The molecule has 0 bridgehead atoms. The lowest BCUT2D eigenvalue weighted by atomic mass is 9.84. The number of halogens is 2. The summed E-state index contributed by atoms with van der Waals surface area (Å²) in [6.45, 7) is 7.51. The molecule has 7 nitrogen and oxygen atoms in total. The van der Waals surface area contributed by atoms with Gasteiger partial charge in [0.1, 0.15) is 11.4 Å². The number of piperazine rings is 1. The molecule has 0 spiro atoms. The first-order valence-electron chi connectivity index (χ1n) is 8.36. The quantitative estimate of drug-likeness (QED) is 0.769. The second kappa shape index (κ2) is 7.36. The van der Waals surface area contributed by atoms with E-state index < -0.39 is 24.7 Å². The summed E-state index contributed by atoms with van der Waals surface area (Å²) in [4.78, 5) is 19.4. The second-order valence-electron chi connectivity index (χ2n) is 7.36. The predicted molar refractivity (Wildman–Crippen MR) is 93.7 cm³/mol. The molecule has 2 heterocycles. The number of hydrogen-bond donors (Lipinski definition) is 2. The largest absolute Gasteiger partial charge is 0.508 e. The van der Waals surface area contributed by atoms with Crippen LogP contribution in [0.1, 0.15) is 33.3 Å². The van der Waals surface area contributed by atoms with Crippen LogP contribution in [0.5, 0.6) is 0 Å². The van der Waals surface area contributed by atoms with E-state index in [1.807, 2.05) is 0 Å². The molecule has 144 valence electrons. The lowest BCUT2D eigenvalue weighted by molar-refractivity contribution is 0.0175. The van der Waals surface area contributed by atoms with E-state index in [1.54, 1.807) is 30.6 Å². The fourth-order valence-electron chi connectivity index (χ4n) is 2.53. The van der Waals surface area contributed by atoms with Crippen molar-refractivity contribution in [2.75, 3.05) is 31.1 Å². The van der Waals surface area contributed by atoms with Crippen molar-refractivity contribution in [3.05, 3.63) is 17.7 Å².